The summed E-state index contributed by atoms with van der Waals surface area (Å²) >= 11 is 0. The van der Waals surface area contributed by atoms with Gasteiger partial charge in [-0.25, -0.2) is 13.8 Å². The number of nitrogens with zero attached hydrogens (tertiary/aromatic N) is 1. The number of aromatic nitrogens is 2. The van der Waals surface area contributed by atoms with E-state index in [9.17, 15) is 13.6 Å². The van der Waals surface area contributed by atoms with E-state index in [-0.39, 0.29) is 5.78 Å². The van der Waals surface area contributed by atoms with Gasteiger partial charge in [0.15, 0.2) is 5.78 Å². The molecule has 0 radical (unpaired) electrons. The first-order valence-corrected chi connectivity index (χ1v) is 7.66. The molecule has 0 unspecified atom stereocenters. The fraction of sp³-hybridized carbons (Fsp3) is 0. The second kappa shape index (κ2) is 5.94. The van der Waals surface area contributed by atoms with E-state index in [0.717, 1.165) is 6.07 Å². The van der Waals surface area contributed by atoms with Gasteiger partial charge in [0.25, 0.3) is 0 Å². The van der Waals surface area contributed by atoms with E-state index in [0.29, 0.717) is 33.3 Å². The quantitative estimate of drug-likeness (QED) is 0.550. The molecule has 2 aromatic heterocycles. The molecule has 0 spiro atoms. The summed E-state index contributed by atoms with van der Waals surface area (Å²) in [6, 6.07) is 13.8. The van der Waals surface area contributed by atoms with Gasteiger partial charge in [-0.2, -0.15) is 0 Å². The molecule has 1 N–H and O–H groups in total. The highest BCUT2D eigenvalue weighted by molar-refractivity contribution is 6.18. The third kappa shape index (κ3) is 2.70. The fourth-order valence-electron chi connectivity index (χ4n) is 2.93. The number of ketones is 1. The maximum Gasteiger partial charge on any atom is 0.195 e. The van der Waals surface area contributed by atoms with Crippen LogP contribution in [0, 0.1) is 11.6 Å². The topological polar surface area (TPSA) is 45.8 Å². The third-order valence-electron chi connectivity index (χ3n) is 4.03. The van der Waals surface area contributed by atoms with Gasteiger partial charge in [0.2, 0.25) is 0 Å². The van der Waals surface area contributed by atoms with E-state index in [1.807, 2.05) is 6.07 Å². The number of pyridine rings is 1. The molecule has 0 saturated carbocycles. The van der Waals surface area contributed by atoms with Crippen LogP contribution in [0.4, 0.5) is 8.78 Å². The van der Waals surface area contributed by atoms with Crippen molar-refractivity contribution in [1.29, 1.82) is 0 Å². The van der Waals surface area contributed by atoms with Crippen LogP contribution in [0.3, 0.4) is 0 Å². The molecule has 0 saturated heterocycles. The van der Waals surface area contributed by atoms with Gasteiger partial charge in [0.1, 0.15) is 17.3 Å². The first kappa shape index (κ1) is 15.2. The molecule has 0 bridgehead atoms. The zero-order valence-electron chi connectivity index (χ0n) is 13.0. The Balaban J connectivity index is 1.95. The van der Waals surface area contributed by atoms with Gasteiger partial charge in [-0.05, 0) is 29.3 Å². The van der Waals surface area contributed by atoms with Gasteiger partial charge in [0, 0.05) is 29.4 Å². The second-order valence-corrected chi connectivity index (χ2v) is 5.64. The number of carbonyl (C=O) groups is 1. The molecule has 4 rings (SSSR count). The van der Waals surface area contributed by atoms with Gasteiger partial charge >= 0.3 is 0 Å². The van der Waals surface area contributed by atoms with Crippen LogP contribution < -0.4 is 0 Å². The van der Waals surface area contributed by atoms with Gasteiger partial charge < -0.3 is 4.98 Å². The van der Waals surface area contributed by atoms with Crippen molar-refractivity contribution < 1.29 is 13.6 Å². The van der Waals surface area contributed by atoms with Gasteiger partial charge in [-0.1, -0.05) is 30.3 Å². The Morgan fingerprint density at radius 2 is 1.68 bits per heavy atom. The molecule has 0 amide bonds. The first-order valence-electron chi connectivity index (χ1n) is 7.66. The van der Waals surface area contributed by atoms with Crippen molar-refractivity contribution in [3.63, 3.8) is 0 Å². The van der Waals surface area contributed by atoms with Crippen molar-refractivity contribution in [2.75, 3.05) is 0 Å². The molecule has 0 aliphatic heterocycles. The molecule has 3 nitrogen and oxygen atoms in total. The van der Waals surface area contributed by atoms with E-state index < -0.39 is 11.6 Å². The SMILES string of the molecule is O=C(c1ccccc1)c1c[nH]c2nccc(-c3cc(F)cc(F)c3)c12. The largest absolute Gasteiger partial charge is 0.345 e. The number of hydrogen-bond donors (Lipinski definition) is 1. The molecule has 5 heteroatoms. The lowest BCUT2D eigenvalue weighted by atomic mass is 9.97. The highest BCUT2D eigenvalue weighted by atomic mass is 19.1. The number of halogens is 2. The molecular weight excluding hydrogens is 322 g/mol. The number of nitrogens with one attached hydrogen (secondary N) is 1. The molecule has 0 atom stereocenters. The molecule has 0 fully saturated rings. The van der Waals surface area contributed by atoms with Crippen LogP contribution in [0.15, 0.2) is 67.0 Å². The average Bonchev–Trinajstić information content (AvgIpc) is 3.05. The Kier molecular flexibility index (Phi) is 3.61. The van der Waals surface area contributed by atoms with Crippen molar-refractivity contribution in [2.24, 2.45) is 0 Å². The van der Waals surface area contributed by atoms with Crippen molar-refractivity contribution in [1.82, 2.24) is 9.97 Å². The maximum absolute atomic E-state index is 13.6. The molecule has 0 aliphatic rings. The number of benzene rings is 2. The van der Waals surface area contributed by atoms with Crippen LogP contribution in [-0.4, -0.2) is 15.8 Å². The Morgan fingerprint density at radius 1 is 0.960 bits per heavy atom. The minimum Gasteiger partial charge on any atom is -0.345 e. The predicted molar refractivity (Wildman–Crippen MR) is 91.3 cm³/mol. The molecule has 25 heavy (non-hydrogen) atoms. The highest BCUT2D eigenvalue weighted by Crippen LogP contribution is 2.32. The minimum absolute atomic E-state index is 0.182. The summed E-state index contributed by atoms with van der Waals surface area (Å²) in [6.45, 7) is 0. The Morgan fingerprint density at radius 3 is 2.40 bits per heavy atom. The first-order chi connectivity index (χ1) is 12.1. The van der Waals surface area contributed by atoms with E-state index in [1.54, 1.807) is 36.5 Å². The lowest BCUT2D eigenvalue weighted by Crippen LogP contribution is -2.00. The number of rotatable bonds is 3. The smallest absolute Gasteiger partial charge is 0.195 e. The summed E-state index contributed by atoms with van der Waals surface area (Å²) in [5.41, 5.74) is 2.33. The van der Waals surface area contributed by atoms with Crippen molar-refractivity contribution >= 4 is 16.8 Å². The molecular formula is C20H12F2N2O. The number of carbonyl (C=O) groups excluding carboxylic acids is 1. The van der Waals surface area contributed by atoms with Crippen LogP contribution in [-0.2, 0) is 0 Å². The fourth-order valence-corrected chi connectivity index (χ4v) is 2.93. The van der Waals surface area contributed by atoms with Crippen LogP contribution >= 0.6 is 0 Å². The van der Waals surface area contributed by atoms with Gasteiger partial charge in [0.05, 0.1) is 5.56 Å². The van der Waals surface area contributed by atoms with Crippen molar-refractivity contribution in [3.8, 4) is 11.1 Å². The van der Waals surface area contributed by atoms with Crippen molar-refractivity contribution in [3.05, 3.63) is 89.8 Å². The highest BCUT2D eigenvalue weighted by Gasteiger charge is 2.18. The van der Waals surface area contributed by atoms with Gasteiger partial charge in [-0.15, -0.1) is 0 Å². The lowest BCUT2D eigenvalue weighted by molar-refractivity contribution is 0.104. The summed E-state index contributed by atoms with van der Waals surface area (Å²) in [6.07, 6.45) is 3.11. The molecule has 4 aromatic rings. The number of hydrogen-bond acceptors (Lipinski definition) is 2. The zero-order valence-corrected chi connectivity index (χ0v) is 13.0. The van der Waals surface area contributed by atoms with Crippen LogP contribution in [0.5, 0.6) is 0 Å². The predicted octanol–water partition coefficient (Wildman–Crippen LogP) is 4.74. The number of aromatic amines is 1. The molecule has 2 aromatic carbocycles. The second-order valence-electron chi connectivity index (χ2n) is 5.64. The standard InChI is InChI=1S/C20H12F2N2O/c21-14-8-13(9-15(22)10-14)16-6-7-23-20-18(16)17(11-24-20)19(25)12-4-2-1-3-5-12/h1-11H,(H,23,24). The average molecular weight is 334 g/mol. The third-order valence-corrected chi connectivity index (χ3v) is 4.03. The molecule has 122 valence electrons. The maximum atomic E-state index is 13.6. The summed E-state index contributed by atoms with van der Waals surface area (Å²) in [5, 5.41) is 0.543. The Labute approximate surface area is 142 Å². The van der Waals surface area contributed by atoms with Crippen molar-refractivity contribution in [2.45, 2.75) is 0 Å². The summed E-state index contributed by atoms with van der Waals surface area (Å²) in [4.78, 5) is 20.0. The van der Waals surface area contributed by atoms with Crippen LogP contribution in [0.25, 0.3) is 22.2 Å². The van der Waals surface area contributed by atoms with E-state index in [2.05, 4.69) is 9.97 Å². The monoisotopic (exact) mass is 334 g/mol. The summed E-state index contributed by atoms with van der Waals surface area (Å²) in [5.74, 6) is -1.53. The Hall–Kier alpha value is -3.34. The normalized spacial score (nSPS) is 11.0. The molecule has 2 heterocycles. The van der Waals surface area contributed by atoms with Gasteiger partial charge in [-0.3, -0.25) is 4.79 Å². The Bertz CT molecular complexity index is 1070. The summed E-state index contributed by atoms with van der Waals surface area (Å²) in [7, 11) is 0. The lowest BCUT2D eigenvalue weighted by Gasteiger charge is -2.07. The van der Waals surface area contributed by atoms with E-state index in [1.165, 1.54) is 18.3 Å². The van der Waals surface area contributed by atoms with E-state index in [4.69, 9.17) is 0 Å². The summed E-state index contributed by atoms with van der Waals surface area (Å²) < 4.78 is 27.3. The van der Waals surface area contributed by atoms with Crippen LogP contribution in [0.1, 0.15) is 15.9 Å². The number of H-pyrrole nitrogens is 1. The minimum atomic E-state index is -0.675. The van der Waals surface area contributed by atoms with Crippen LogP contribution in [0.2, 0.25) is 0 Å². The number of fused-ring (bicyclic) bond motifs is 1. The zero-order chi connectivity index (χ0) is 17.4. The molecule has 0 aliphatic carbocycles. The van der Waals surface area contributed by atoms with E-state index >= 15 is 0 Å².